The zero-order chi connectivity index (χ0) is 17.3. The van der Waals surface area contributed by atoms with Crippen LogP contribution in [0.3, 0.4) is 0 Å². The summed E-state index contributed by atoms with van der Waals surface area (Å²) in [7, 11) is 1.20. The number of halogens is 1. The largest absolute Gasteiger partial charge is 0.465 e. The van der Waals surface area contributed by atoms with Crippen LogP contribution in [0.25, 0.3) is 5.78 Å². The molecule has 3 aromatic rings. The molecule has 0 atom stereocenters. The van der Waals surface area contributed by atoms with E-state index in [1.54, 1.807) is 22.9 Å². The summed E-state index contributed by atoms with van der Waals surface area (Å²) in [5, 5.41) is 2.56. The number of amides is 1. The van der Waals surface area contributed by atoms with Crippen molar-refractivity contribution in [3.63, 3.8) is 0 Å². The van der Waals surface area contributed by atoms with Crippen LogP contribution in [-0.2, 0) is 4.74 Å². The van der Waals surface area contributed by atoms with Gasteiger partial charge in [0.15, 0.2) is 0 Å². The van der Waals surface area contributed by atoms with Gasteiger partial charge in [0.05, 0.1) is 12.7 Å². The predicted octanol–water partition coefficient (Wildman–Crippen LogP) is 2.22. The Hall–Kier alpha value is -3.29. The number of nitrogens with zero attached hydrogens (tertiary/aromatic N) is 3. The highest BCUT2D eigenvalue weighted by molar-refractivity contribution is 6.04. The van der Waals surface area contributed by atoms with Crippen LogP contribution in [0.15, 0.2) is 36.8 Å². The van der Waals surface area contributed by atoms with Gasteiger partial charge in [-0.2, -0.15) is 0 Å². The van der Waals surface area contributed by atoms with Crippen LogP contribution >= 0.6 is 0 Å². The fraction of sp³-hybridized carbons (Fsp3) is 0.125. The van der Waals surface area contributed by atoms with E-state index in [0.29, 0.717) is 5.78 Å². The number of aromatic nitrogens is 3. The van der Waals surface area contributed by atoms with Crippen LogP contribution in [0.2, 0.25) is 0 Å². The summed E-state index contributed by atoms with van der Waals surface area (Å²) in [6.07, 6.45) is 4.77. The van der Waals surface area contributed by atoms with Gasteiger partial charge in [-0.1, -0.05) is 0 Å². The van der Waals surface area contributed by atoms with Gasteiger partial charge in [-0.15, -0.1) is 0 Å². The summed E-state index contributed by atoms with van der Waals surface area (Å²) in [6, 6.07) is 4.12. The first-order valence-electron chi connectivity index (χ1n) is 6.99. The Morgan fingerprint density at radius 1 is 1.33 bits per heavy atom. The van der Waals surface area contributed by atoms with E-state index in [2.05, 4.69) is 20.0 Å². The van der Waals surface area contributed by atoms with Gasteiger partial charge in [0.25, 0.3) is 5.91 Å². The van der Waals surface area contributed by atoms with Crippen LogP contribution in [-0.4, -0.2) is 33.4 Å². The summed E-state index contributed by atoms with van der Waals surface area (Å²) in [5.41, 5.74) is 0.507. The maximum Gasteiger partial charge on any atom is 0.338 e. The second kappa shape index (κ2) is 6.07. The molecule has 8 heteroatoms. The first kappa shape index (κ1) is 15.6. The first-order chi connectivity index (χ1) is 11.5. The summed E-state index contributed by atoms with van der Waals surface area (Å²) in [6.45, 7) is 1.50. The molecule has 0 radical (unpaired) electrons. The molecule has 3 rings (SSSR count). The Morgan fingerprint density at radius 2 is 2.12 bits per heavy atom. The van der Waals surface area contributed by atoms with E-state index in [4.69, 9.17) is 0 Å². The standard InChI is InChI=1S/C16H13FN4O3/c1-9-11(17)6-10(15(23)24-2)7-12(9)19-14(22)13-8-21-5-3-4-18-16(21)20-13/h3-8H,1-2H3,(H,19,22). The average Bonchev–Trinajstić information content (AvgIpc) is 3.02. The van der Waals surface area contributed by atoms with E-state index < -0.39 is 17.7 Å². The van der Waals surface area contributed by atoms with E-state index in [0.717, 1.165) is 6.07 Å². The monoisotopic (exact) mass is 328 g/mol. The molecule has 0 bridgehead atoms. The number of fused-ring (bicyclic) bond motifs is 1. The lowest BCUT2D eigenvalue weighted by Crippen LogP contribution is -2.15. The smallest absolute Gasteiger partial charge is 0.338 e. The number of anilines is 1. The Balaban J connectivity index is 1.93. The number of hydrogen-bond donors (Lipinski definition) is 1. The Kier molecular flexibility index (Phi) is 3.95. The molecule has 0 aliphatic carbocycles. The van der Waals surface area contributed by atoms with Gasteiger partial charge >= 0.3 is 5.97 Å². The van der Waals surface area contributed by atoms with Gasteiger partial charge in [-0.3, -0.25) is 9.20 Å². The Labute approximate surface area is 136 Å². The van der Waals surface area contributed by atoms with Crippen LogP contribution < -0.4 is 5.32 Å². The molecule has 0 saturated carbocycles. The highest BCUT2D eigenvalue weighted by Gasteiger charge is 2.17. The number of carbonyl (C=O) groups excluding carboxylic acids is 2. The van der Waals surface area contributed by atoms with Crippen LogP contribution in [0.1, 0.15) is 26.4 Å². The molecule has 1 N–H and O–H groups in total. The van der Waals surface area contributed by atoms with Crippen molar-refractivity contribution < 1.29 is 18.7 Å². The van der Waals surface area contributed by atoms with Gasteiger partial charge in [-0.05, 0) is 25.1 Å². The fourth-order valence-electron chi connectivity index (χ4n) is 2.17. The van der Waals surface area contributed by atoms with E-state index in [-0.39, 0.29) is 22.5 Å². The summed E-state index contributed by atoms with van der Waals surface area (Å²) >= 11 is 0. The number of imidazole rings is 1. The predicted molar refractivity (Wildman–Crippen MR) is 83.4 cm³/mol. The Bertz CT molecular complexity index is 919. The number of carbonyl (C=O) groups is 2. The van der Waals surface area contributed by atoms with Crippen molar-refractivity contribution in [3.8, 4) is 0 Å². The van der Waals surface area contributed by atoms with Crippen molar-refractivity contribution >= 4 is 23.3 Å². The topological polar surface area (TPSA) is 85.6 Å². The highest BCUT2D eigenvalue weighted by atomic mass is 19.1. The number of nitrogens with one attached hydrogen (secondary N) is 1. The number of benzene rings is 1. The van der Waals surface area contributed by atoms with E-state index in [9.17, 15) is 14.0 Å². The third kappa shape index (κ3) is 2.81. The molecule has 0 saturated heterocycles. The van der Waals surface area contributed by atoms with Crippen LogP contribution in [0.4, 0.5) is 10.1 Å². The Morgan fingerprint density at radius 3 is 2.83 bits per heavy atom. The molecule has 2 heterocycles. The lowest BCUT2D eigenvalue weighted by Gasteiger charge is -2.10. The quantitative estimate of drug-likeness (QED) is 0.745. The lowest BCUT2D eigenvalue weighted by atomic mass is 10.1. The van der Waals surface area contributed by atoms with Crippen molar-refractivity contribution in [2.24, 2.45) is 0 Å². The van der Waals surface area contributed by atoms with Gasteiger partial charge in [0, 0.05) is 29.8 Å². The maximum atomic E-state index is 14.0. The van der Waals surface area contributed by atoms with E-state index in [1.807, 2.05) is 0 Å². The second-order valence-corrected chi connectivity index (χ2v) is 5.03. The van der Waals surface area contributed by atoms with Crippen molar-refractivity contribution in [1.29, 1.82) is 0 Å². The van der Waals surface area contributed by atoms with Crippen LogP contribution in [0, 0.1) is 12.7 Å². The molecule has 122 valence electrons. The van der Waals surface area contributed by atoms with E-state index >= 15 is 0 Å². The number of methoxy groups -OCH3 is 1. The summed E-state index contributed by atoms with van der Waals surface area (Å²) < 4.78 is 20.1. The van der Waals surface area contributed by atoms with Gasteiger partial charge in [-0.25, -0.2) is 19.2 Å². The summed E-state index contributed by atoms with van der Waals surface area (Å²) in [4.78, 5) is 32.0. The van der Waals surface area contributed by atoms with Crippen molar-refractivity contribution in [1.82, 2.24) is 14.4 Å². The van der Waals surface area contributed by atoms with Crippen molar-refractivity contribution in [3.05, 3.63) is 59.4 Å². The number of ether oxygens (including phenoxy) is 1. The van der Waals surface area contributed by atoms with Crippen molar-refractivity contribution in [2.75, 3.05) is 12.4 Å². The molecule has 0 fully saturated rings. The van der Waals surface area contributed by atoms with Gasteiger partial charge in [0.2, 0.25) is 5.78 Å². The van der Waals surface area contributed by atoms with Gasteiger partial charge in [0.1, 0.15) is 11.5 Å². The fourth-order valence-corrected chi connectivity index (χ4v) is 2.17. The minimum Gasteiger partial charge on any atom is -0.465 e. The molecule has 1 aromatic carbocycles. The molecule has 0 aliphatic rings. The SMILES string of the molecule is COC(=O)c1cc(F)c(C)c(NC(=O)c2cn3cccnc3n2)c1. The molecule has 0 aliphatic heterocycles. The number of hydrogen-bond acceptors (Lipinski definition) is 5. The molecule has 0 spiro atoms. The molecule has 1 amide bonds. The van der Waals surface area contributed by atoms with E-state index in [1.165, 1.54) is 26.3 Å². The first-order valence-corrected chi connectivity index (χ1v) is 6.99. The third-order valence-corrected chi connectivity index (χ3v) is 3.48. The number of esters is 1. The van der Waals surface area contributed by atoms with Gasteiger partial charge < -0.3 is 10.1 Å². The third-order valence-electron chi connectivity index (χ3n) is 3.48. The summed E-state index contributed by atoms with van der Waals surface area (Å²) in [5.74, 6) is -1.48. The van der Waals surface area contributed by atoms with Crippen LogP contribution in [0.5, 0.6) is 0 Å². The minimum atomic E-state index is -0.693. The van der Waals surface area contributed by atoms with Crippen molar-refractivity contribution in [2.45, 2.75) is 6.92 Å². The lowest BCUT2D eigenvalue weighted by molar-refractivity contribution is 0.0600. The normalized spacial score (nSPS) is 10.6. The zero-order valence-corrected chi connectivity index (χ0v) is 12.9. The highest BCUT2D eigenvalue weighted by Crippen LogP contribution is 2.22. The molecular weight excluding hydrogens is 315 g/mol. The molecule has 0 unspecified atom stereocenters. The zero-order valence-electron chi connectivity index (χ0n) is 12.9. The molecule has 2 aromatic heterocycles. The maximum absolute atomic E-state index is 14.0. The molecule has 24 heavy (non-hydrogen) atoms. The molecular formula is C16H13FN4O3. The minimum absolute atomic E-state index is 0.00701. The number of rotatable bonds is 3. The molecule has 7 nitrogen and oxygen atoms in total. The second-order valence-electron chi connectivity index (χ2n) is 5.03. The average molecular weight is 328 g/mol.